The van der Waals surface area contributed by atoms with Crippen molar-refractivity contribution in [2.75, 3.05) is 32.8 Å². The number of carbonyl (C=O) groups excluding carboxylic acids is 2. The van der Waals surface area contributed by atoms with Crippen LogP contribution < -0.4 is 0 Å². The minimum absolute atomic E-state index is 0.0194. The lowest BCUT2D eigenvalue weighted by Crippen LogP contribution is -2.29. The van der Waals surface area contributed by atoms with Gasteiger partial charge in [-0.3, -0.25) is 9.59 Å². The summed E-state index contributed by atoms with van der Waals surface area (Å²) < 4.78 is 11.2. The molecule has 44 heavy (non-hydrogen) atoms. The third kappa shape index (κ3) is 30.9. The van der Waals surface area contributed by atoms with Crippen LogP contribution in [0.3, 0.4) is 0 Å². The van der Waals surface area contributed by atoms with Gasteiger partial charge in [0.25, 0.3) is 0 Å². The van der Waals surface area contributed by atoms with Gasteiger partial charge in [-0.25, -0.2) is 0 Å². The van der Waals surface area contributed by atoms with Crippen LogP contribution in [0.2, 0.25) is 0 Å². The number of unbranched alkanes of at least 4 members (excludes halogenated alkanes) is 18. The standard InChI is InChI=1S/C38H75NO5/c1-4-7-10-12-17-21-27-36(28-22-18-13-11-8-5-2)44-38(42)30-24-26-32-39(33-34-40)31-25-20-16-14-15-19-23-29-37(41)43-35-9-6-3/h36,40H,4-35H2,1-3H3. The lowest BCUT2D eigenvalue weighted by Gasteiger charge is -2.21. The van der Waals surface area contributed by atoms with E-state index >= 15 is 0 Å². The Kier molecular flexibility index (Phi) is 33.8. The molecular weight excluding hydrogens is 550 g/mol. The fraction of sp³-hybridized carbons (Fsp3) is 0.947. The molecule has 6 heteroatoms. The van der Waals surface area contributed by atoms with Crippen LogP contribution in [0.25, 0.3) is 0 Å². The van der Waals surface area contributed by atoms with Crippen molar-refractivity contribution in [3.8, 4) is 0 Å². The fourth-order valence-corrected chi connectivity index (χ4v) is 5.78. The van der Waals surface area contributed by atoms with Crippen molar-refractivity contribution in [1.29, 1.82) is 0 Å². The Morgan fingerprint density at radius 3 is 1.50 bits per heavy atom. The molecule has 0 aliphatic carbocycles. The first-order valence-corrected chi connectivity index (χ1v) is 19.3. The van der Waals surface area contributed by atoms with Gasteiger partial charge in [0.1, 0.15) is 6.10 Å². The number of carbonyl (C=O) groups is 2. The summed E-state index contributed by atoms with van der Waals surface area (Å²) in [6.07, 6.45) is 30.3. The van der Waals surface area contributed by atoms with Gasteiger partial charge in [-0.2, -0.15) is 0 Å². The normalized spacial score (nSPS) is 11.5. The van der Waals surface area contributed by atoms with E-state index in [4.69, 9.17) is 9.47 Å². The molecule has 262 valence electrons. The van der Waals surface area contributed by atoms with Crippen LogP contribution in [-0.2, 0) is 19.1 Å². The topological polar surface area (TPSA) is 76.1 Å². The number of esters is 2. The summed E-state index contributed by atoms with van der Waals surface area (Å²) in [5.41, 5.74) is 0. The maximum atomic E-state index is 12.7. The van der Waals surface area contributed by atoms with Crippen LogP contribution in [-0.4, -0.2) is 60.9 Å². The van der Waals surface area contributed by atoms with Gasteiger partial charge in [-0.1, -0.05) is 124 Å². The zero-order valence-electron chi connectivity index (χ0n) is 29.7. The van der Waals surface area contributed by atoms with Gasteiger partial charge < -0.3 is 19.5 Å². The van der Waals surface area contributed by atoms with Crippen molar-refractivity contribution in [3.05, 3.63) is 0 Å². The zero-order valence-corrected chi connectivity index (χ0v) is 29.7. The van der Waals surface area contributed by atoms with Crippen LogP contribution >= 0.6 is 0 Å². The number of ether oxygens (including phenoxy) is 2. The minimum Gasteiger partial charge on any atom is -0.466 e. The van der Waals surface area contributed by atoms with Gasteiger partial charge in [-0.15, -0.1) is 0 Å². The number of hydrogen-bond donors (Lipinski definition) is 1. The van der Waals surface area contributed by atoms with E-state index in [0.29, 0.717) is 26.0 Å². The molecular formula is C38H75NO5. The van der Waals surface area contributed by atoms with E-state index in [-0.39, 0.29) is 24.6 Å². The third-order valence-corrected chi connectivity index (χ3v) is 8.70. The number of aliphatic hydroxyl groups excluding tert-OH is 1. The first kappa shape index (κ1) is 42.9. The van der Waals surface area contributed by atoms with Crippen molar-refractivity contribution in [1.82, 2.24) is 4.90 Å². The molecule has 0 saturated carbocycles. The number of aliphatic hydroxyl groups is 1. The van der Waals surface area contributed by atoms with Crippen LogP contribution in [0.5, 0.6) is 0 Å². The third-order valence-electron chi connectivity index (χ3n) is 8.70. The van der Waals surface area contributed by atoms with E-state index in [1.807, 2.05) is 0 Å². The summed E-state index contributed by atoms with van der Waals surface area (Å²) in [7, 11) is 0. The van der Waals surface area contributed by atoms with Crippen LogP contribution in [0, 0.1) is 0 Å². The summed E-state index contributed by atoms with van der Waals surface area (Å²) in [4.78, 5) is 26.7. The van der Waals surface area contributed by atoms with Crippen LogP contribution in [0.15, 0.2) is 0 Å². The molecule has 0 unspecified atom stereocenters. The quantitative estimate of drug-likeness (QED) is 0.0558. The van der Waals surface area contributed by atoms with E-state index in [1.165, 1.54) is 103 Å². The van der Waals surface area contributed by atoms with Gasteiger partial charge in [0.15, 0.2) is 0 Å². The van der Waals surface area contributed by atoms with Crippen molar-refractivity contribution >= 4 is 11.9 Å². The molecule has 0 bridgehead atoms. The lowest BCUT2D eigenvalue weighted by atomic mass is 10.0. The summed E-state index contributed by atoms with van der Waals surface area (Å²) >= 11 is 0. The zero-order chi connectivity index (χ0) is 32.4. The van der Waals surface area contributed by atoms with E-state index in [9.17, 15) is 14.7 Å². The highest BCUT2D eigenvalue weighted by Crippen LogP contribution is 2.18. The molecule has 0 rings (SSSR count). The van der Waals surface area contributed by atoms with E-state index in [2.05, 4.69) is 25.7 Å². The second-order valence-electron chi connectivity index (χ2n) is 13.0. The highest BCUT2D eigenvalue weighted by molar-refractivity contribution is 5.69. The number of rotatable bonds is 35. The molecule has 0 aromatic carbocycles. The van der Waals surface area contributed by atoms with Crippen molar-refractivity contribution in [2.24, 2.45) is 0 Å². The molecule has 0 radical (unpaired) electrons. The SMILES string of the molecule is CCCCCCCCC(CCCCCCCC)OC(=O)CCCCN(CCO)CCCCCCCCCC(=O)OCCCC. The molecule has 0 fully saturated rings. The average Bonchev–Trinajstić information content (AvgIpc) is 3.01. The van der Waals surface area contributed by atoms with Crippen molar-refractivity contribution in [2.45, 2.75) is 200 Å². The molecule has 0 spiro atoms. The van der Waals surface area contributed by atoms with Crippen molar-refractivity contribution < 1.29 is 24.2 Å². The molecule has 0 heterocycles. The lowest BCUT2D eigenvalue weighted by molar-refractivity contribution is -0.150. The predicted molar refractivity (Wildman–Crippen MR) is 186 cm³/mol. The summed E-state index contributed by atoms with van der Waals surface area (Å²) in [6.45, 7) is 10.00. The Morgan fingerprint density at radius 1 is 0.523 bits per heavy atom. The maximum Gasteiger partial charge on any atom is 0.306 e. The monoisotopic (exact) mass is 626 g/mol. The second-order valence-corrected chi connectivity index (χ2v) is 13.0. The van der Waals surface area contributed by atoms with Crippen LogP contribution in [0.4, 0.5) is 0 Å². The molecule has 6 nitrogen and oxygen atoms in total. The number of hydrogen-bond acceptors (Lipinski definition) is 6. The highest BCUT2D eigenvalue weighted by atomic mass is 16.5. The second kappa shape index (κ2) is 34.7. The van der Waals surface area contributed by atoms with Gasteiger partial charge in [-0.05, 0) is 70.9 Å². The summed E-state index contributed by atoms with van der Waals surface area (Å²) in [5.74, 6) is -0.0652. The van der Waals surface area contributed by atoms with Crippen LogP contribution in [0.1, 0.15) is 194 Å². The number of nitrogens with zero attached hydrogens (tertiary/aromatic N) is 1. The first-order valence-electron chi connectivity index (χ1n) is 19.3. The largest absolute Gasteiger partial charge is 0.466 e. The average molecular weight is 626 g/mol. The summed E-state index contributed by atoms with van der Waals surface area (Å²) in [6, 6.07) is 0. The molecule has 0 aliphatic heterocycles. The smallest absolute Gasteiger partial charge is 0.306 e. The fourth-order valence-electron chi connectivity index (χ4n) is 5.78. The van der Waals surface area contributed by atoms with Gasteiger partial charge in [0.2, 0.25) is 0 Å². The maximum absolute atomic E-state index is 12.7. The molecule has 0 saturated heterocycles. The summed E-state index contributed by atoms with van der Waals surface area (Å²) in [5, 5.41) is 9.52. The Balaban J connectivity index is 4.09. The van der Waals surface area contributed by atoms with Gasteiger partial charge >= 0.3 is 11.9 Å². The molecule has 0 aromatic heterocycles. The molecule has 0 aliphatic rings. The molecule has 1 N–H and O–H groups in total. The molecule has 0 aromatic rings. The molecule has 0 atom stereocenters. The van der Waals surface area contributed by atoms with E-state index in [0.717, 1.165) is 70.9 Å². The van der Waals surface area contributed by atoms with Gasteiger partial charge in [0.05, 0.1) is 13.2 Å². The Bertz CT molecular complexity index is 598. The minimum atomic E-state index is -0.0458. The highest BCUT2D eigenvalue weighted by Gasteiger charge is 2.15. The Morgan fingerprint density at radius 2 is 0.955 bits per heavy atom. The first-order chi connectivity index (χ1) is 21.6. The van der Waals surface area contributed by atoms with Crippen molar-refractivity contribution in [3.63, 3.8) is 0 Å². The Hall–Kier alpha value is -1.14. The van der Waals surface area contributed by atoms with E-state index in [1.54, 1.807) is 0 Å². The predicted octanol–water partition coefficient (Wildman–Crippen LogP) is 10.3. The Labute approximate surface area is 273 Å². The van der Waals surface area contributed by atoms with E-state index < -0.39 is 0 Å². The molecule has 0 amide bonds. The van der Waals surface area contributed by atoms with Gasteiger partial charge in [0, 0.05) is 19.4 Å².